The van der Waals surface area contributed by atoms with E-state index in [0.717, 1.165) is 11.1 Å². The number of pyridine rings is 1. The highest BCUT2D eigenvalue weighted by Crippen LogP contribution is 2.15. The summed E-state index contributed by atoms with van der Waals surface area (Å²) in [6, 6.07) is 17.1. The standard InChI is InChI=1S/C21H22N2O3/c1-15(16-8-3-2-4-9-16)26-13-7-12-22-21(25)18-14-23-19-11-6-5-10-17(19)20(18)24/h2-6,8-11,14-15H,7,12-13H2,1H3,(H,22,25)(H,23,24). The van der Waals surface area contributed by atoms with Gasteiger partial charge in [0.2, 0.25) is 5.43 Å². The van der Waals surface area contributed by atoms with E-state index in [1.54, 1.807) is 12.1 Å². The molecule has 5 nitrogen and oxygen atoms in total. The van der Waals surface area contributed by atoms with E-state index in [1.165, 1.54) is 6.20 Å². The molecular formula is C21H22N2O3. The van der Waals surface area contributed by atoms with Crippen LogP contribution in [0.15, 0.2) is 65.6 Å². The van der Waals surface area contributed by atoms with Crippen molar-refractivity contribution in [3.63, 3.8) is 0 Å². The molecule has 26 heavy (non-hydrogen) atoms. The molecule has 1 aromatic heterocycles. The Bertz CT molecular complexity index is 935. The maximum absolute atomic E-state index is 12.4. The molecule has 0 aliphatic heterocycles. The quantitative estimate of drug-likeness (QED) is 0.641. The molecule has 0 fully saturated rings. The van der Waals surface area contributed by atoms with E-state index in [4.69, 9.17) is 4.74 Å². The van der Waals surface area contributed by atoms with Gasteiger partial charge >= 0.3 is 0 Å². The first-order valence-corrected chi connectivity index (χ1v) is 8.72. The van der Waals surface area contributed by atoms with Crippen molar-refractivity contribution in [2.24, 2.45) is 0 Å². The Kier molecular flexibility index (Phi) is 5.81. The van der Waals surface area contributed by atoms with Gasteiger partial charge in [0, 0.05) is 30.3 Å². The van der Waals surface area contributed by atoms with Gasteiger partial charge in [0.15, 0.2) is 0 Å². The van der Waals surface area contributed by atoms with Gasteiger partial charge in [0.1, 0.15) is 5.56 Å². The fourth-order valence-electron chi connectivity index (χ4n) is 2.79. The lowest BCUT2D eigenvalue weighted by atomic mass is 10.1. The van der Waals surface area contributed by atoms with Crippen LogP contribution in [0.25, 0.3) is 10.9 Å². The Morgan fingerprint density at radius 3 is 2.65 bits per heavy atom. The summed E-state index contributed by atoms with van der Waals surface area (Å²) in [5, 5.41) is 3.29. The number of benzene rings is 2. The third-order valence-electron chi connectivity index (χ3n) is 4.28. The van der Waals surface area contributed by atoms with E-state index in [0.29, 0.717) is 25.0 Å². The molecule has 2 N–H and O–H groups in total. The van der Waals surface area contributed by atoms with Crippen molar-refractivity contribution in [3.8, 4) is 0 Å². The fraction of sp³-hybridized carbons (Fsp3) is 0.238. The molecule has 0 bridgehead atoms. The highest BCUT2D eigenvalue weighted by atomic mass is 16.5. The lowest BCUT2D eigenvalue weighted by Crippen LogP contribution is -2.30. The first kappa shape index (κ1) is 17.9. The summed E-state index contributed by atoms with van der Waals surface area (Å²) in [6.07, 6.45) is 2.15. The molecule has 0 aliphatic rings. The topological polar surface area (TPSA) is 71.2 Å². The van der Waals surface area contributed by atoms with Gasteiger partial charge < -0.3 is 15.0 Å². The lowest BCUT2D eigenvalue weighted by molar-refractivity contribution is 0.0635. The molecule has 0 saturated heterocycles. The Morgan fingerprint density at radius 2 is 1.85 bits per heavy atom. The van der Waals surface area contributed by atoms with Crippen molar-refractivity contribution in [2.75, 3.05) is 13.2 Å². The highest BCUT2D eigenvalue weighted by Gasteiger charge is 2.12. The Balaban J connectivity index is 1.49. The molecule has 134 valence electrons. The Morgan fingerprint density at radius 1 is 1.12 bits per heavy atom. The van der Waals surface area contributed by atoms with Crippen molar-refractivity contribution in [3.05, 3.63) is 82.1 Å². The van der Waals surface area contributed by atoms with Crippen LogP contribution in [-0.2, 0) is 4.74 Å². The summed E-state index contributed by atoms with van der Waals surface area (Å²) in [5.74, 6) is -0.367. The SMILES string of the molecule is CC(OCCCNC(=O)c1c[nH]c2ccccc2c1=O)c1ccccc1. The first-order valence-electron chi connectivity index (χ1n) is 8.72. The molecule has 1 atom stereocenters. The van der Waals surface area contributed by atoms with Crippen molar-refractivity contribution >= 4 is 16.8 Å². The third-order valence-corrected chi connectivity index (χ3v) is 4.28. The third kappa shape index (κ3) is 4.18. The predicted octanol–water partition coefficient (Wildman–Crippen LogP) is 3.43. The lowest BCUT2D eigenvalue weighted by Gasteiger charge is -2.13. The normalized spacial score (nSPS) is 12.0. The number of aromatic nitrogens is 1. The van der Waals surface area contributed by atoms with E-state index in [9.17, 15) is 9.59 Å². The average Bonchev–Trinajstić information content (AvgIpc) is 2.68. The van der Waals surface area contributed by atoms with E-state index in [-0.39, 0.29) is 23.0 Å². The zero-order valence-electron chi connectivity index (χ0n) is 14.7. The minimum Gasteiger partial charge on any atom is -0.374 e. The van der Waals surface area contributed by atoms with Crippen LogP contribution in [0.3, 0.4) is 0 Å². The number of hydrogen-bond acceptors (Lipinski definition) is 3. The number of aromatic amines is 1. The maximum Gasteiger partial charge on any atom is 0.256 e. The minimum atomic E-state index is -0.367. The molecule has 5 heteroatoms. The maximum atomic E-state index is 12.4. The van der Waals surface area contributed by atoms with Gasteiger partial charge in [0.25, 0.3) is 5.91 Å². The summed E-state index contributed by atoms with van der Waals surface area (Å²) in [7, 11) is 0. The predicted molar refractivity (Wildman–Crippen MR) is 102 cm³/mol. The summed E-state index contributed by atoms with van der Waals surface area (Å²) in [4.78, 5) is 27.6. The van der Waals surface area contributed by atoms with Crippen LogP contribution < -0.4 is 10.7 Å². The molecule has 0 aliphatic carbocycles. The summed E-state index contributed by atoms with van der Waals surface area (Å²) in [6.45, 7) is 2.99. The first-order chi connectivity index (χ1) is 12.7. The second-order valence-electron chi connectivity index (χ2n) is 6.11. The number of para-hydroxylation sites is 1. The number of rotatable bonds is 7. The van der Waals surface area contributed by atoms with Crippen LogP contribution >= 0.6 is 0 Å². The number of H-pyrrole nitrogens is 1. The number of hydrogen-bond donors (Lipinski definition) is 2. The van der Waals surface area contributed by atoms with Crippen molar-refractivity contribution in [1.82, 2.24) is 10.3 Å². The van der Waals surface area contributed by atoms with Gasteiger partial charge in [-0.25, -0.2) is 0 Å². The molecule has 0 saturated carbocycles. The zero-order chi connectivity index (χ0) is 18.4. The Labute approximate surface area is 152 Å². The molecule has 0 radical (unpaired) electrons. The molecule has 2 aromatic carbocycles. The second kappa shape index (κ2) is 8.45. The van der Waals surface area contributed by atoms with Crippen LogP contribution in [0.1, 0.15) is 35.4 Å². The molecular weight excluding hydrogens is 328 g/mol. The minimum absolute atomic E-state index is 0.00948. The van der Waals surface area contributed by atoms with Gasteiger partial charge in [-0.1, -0.05) is 42.5 Å². The van der Waals surface area contributed by atoms with Gasteiger partial charge in [-0.2, -0.15) is 0 Å². The molecule has 0 spiro atoms. The number of fused-ring (bicyclic) bond motifs is 1. The molecule has 1 heterocycles. The number of amides is 1. The molecule has 1 amide bonds. The van der Waals surface area contributed by atoms with Gasteiger partial charge in [-0.05, 0) is 31.0 Å². The molecule has 3 aromatic rings. The van der Waals surface area contributed by atoms with Crippen LogP contribution in [-0.4, -0.2) is 24.0 Å². The van der Waals surface area contributed by atoms with Crippen molar-refractivity contribution in [2.45, 2.75) is 19.4 Å². The van der Waals surface area contributed by atoms with Crippen LogP contribution in [0, 0.1) is 0 Å². The molecule has 1 unspecified atom stereocenters. The highest BCUT2D eigenvalue weighted by molar-refractivity contribution is 5.97. The number of carbonyl (C=O) groups excluding carboxylic acids is 1. The Hall–Kier alpha value is -2.92. The average molecular weight is 350 g/mol. The summed E-state index contributed by atoms with van der Waals surface area (Å²) < 4.78 is 5.78. The van der Waals surface area contributed by atoms with Crippen molar-refractivity contribution < 1.29 is 9.53 Å². The van der Waals surface area contributed by atoms with E-state index >= 15 is 0 Å². The van der Waals surface area contributed by atoms with E-state index in [1.807, 2.05) is 49.4 Å². The second-order valence-corrected chi connectivity index (χ2v) is 6.11. The van der Waals surface area contributed by atoms with Gasteiger partial charge in [-0.15, -0.1) is 0 Å². The summed E-state index contributed by atoms with van der Waals surface area (Å²) in [5.41, 5.74) is 1.71. The van der Waals surface area contributed by atoms with Gasteiger partial charge in [0.05, 0.1) is 6.10 Å². The number of carbonyl (C=O) groups is 1. The molecule has 3 rings (SSSR count). The van der Waals surface area contributed by atoms with E-state index < -0.39 is 0 Å². The monoisotopic (exact) mass is 350 g/mol. The van der Waals surface area contributed by atoms with E-state index in [2.05, 4.69) is 10.3 Å². The largest absolute Gasteiger partial charge is 0.374 e. The number of nitrogens with one attached hydrogen (secondary N) is 2. The fourth-order valence-corrected chi connectivity index (χ4v) is 2.79. The van der Waals surface area contributed by atoms with Gasteiger partial charge in [-0.3, -0.25) is 9.59 Å². The van der Waals surface area contributed by atoms with Crippen LogP contribution in [0.2, 0.25) is 0 Å². The number of ether oxygens (including phenoxy) is 1. The van der Waals surface area contributed by atoms with Crippen LogP contribution in [0.4, 0.5) is 0 Å². The summed E-state index contributed by atoms with van der Waals surface area (Å²) >= 11 is 0. The zero-order valence-corrected chi connectivity index (χ0v) is 14.7. The smallest absolute Gasteiger partial charge is 0.256 e. The van der Waals surface area contributed by atoms with Crippen LogP contribution in [0.5, 0.6) is 0 Å². The van der Waals surface area contributed by atoms with Crippen molar-refractivity contribution in [1.29, 1.82) is 0 Å².